The van der Waals surface area contributed by atoms with Crippen molar-refractivity contribution in [3.05, 3.63) is 35.4 Å². The van der Waals surface area contributed by atoms with Crippen LogP contribution in [0.4, 0.5) is 0 Å². The van der Waals surface area contributed by atoms with Crippen LogP contribution >= 0.6 is 0 Å². The Bertz CT molecular complexity index is 486. The van der Waals surface area contributed by atoms with E-state index in [1.54, 1.807) is 6.07 Å². The van der Waals surface area contributed by atoms with Crippen LogP contribution in [0, 0.1) is 5.92 Å². The molecule has 116 valence electrons. The highest BCUT2D eigenvalue weighted by atomic mass is 16.5. The molecule has 1 aromatic carbocycles. The number of amides is 1. The van der Waals surface area contributed by atoms with Crippen molar-refractivity contribution >= 4 is 11.9 Å². The SMILES string of the molecule is CNCCc1ccccc1C(=O)NC(C(=O)OC)C(C)C. The van der Waals surface area contributed by atoms with Gasteiger partial charge in [0.25, 0.3) is 5.91 Å². The van der Waals surface area contributed by atoms with Gasteiger partial charge in [-0.15, -0.1) is 0 Å². The topological polar surface area (TPSA) is 67.4 Å². The predicted octanol–water partition coefficient (Wildman–Crippen LogP) is 1.38. The van der Waals surface area contributed by atoms with Crippen LogP contribution in [0.2, 0.25) is 0 Å². The Hall–Kier alpha value is -1.88. The molecule has 0 aliphatic rings. The molecule has 5 nitrogen and oxygen atoms in total. The monoisotopic (exact) mass is 292 g/mol. The van der Waals surface area contributed by atoms with Gasteiger partial charge in [0.1, 0.15) is 6.04 Å². The van der Waals surface area contributed by atoms with Gasteiger partial charge in [-0.3, -0.25) is 4.79 Å². The van der Waals surface area contributed by atoms with Gasteiger partial charge in [0, 0.05) is 5.56 Å². The minimum Gasteiger partial charge on any atom is -0.467 e. The van der Waals surface area contributed by atoms with Crippen LogP contribution in [0.25, 0.3) is 0 Å². The van der Waals surface area contributed by atoms with Crippen LogP contribution in [0.5, 0.6) is 0 Å². The quantitative estimate of drug-likeness (QED) is 0.745. The number of hydrogen-bond donors (Lipinski definition) is 2. The molecule has 21 heavy (non-hydrogen) atoms. The standard InChI is InChI=1S/C16H24N2O3/c1-11(2)14(16(20)21-4)18-15(19)13-8-6-5-7-12(13)9-10-17-3/h5-8,11,14,17H,9-10H2,1-4H3,(H,18,19). The number of likely N-dealkylation sites (N-methyl/N-ethyl adjacent to an activating group) is 1. The largest absolute Gasteiger partial charge is 0.467 e. The molecule has 5 heteroatoms. The van der Waals surface area contributed by atoms with Crippen molar-refractivity contribution in [3.8, 4) is 0 Å². The fraction of sp³-hybridized carbons (Fsp3) is 0.500. The predicted molar refractivity (Wildman–Crippen MR) is 82.2 cm³/mol. The van der Waals surface area contributed by atoms with E-state index in [2.05, 4.69) is 10.6 Å². The molecule has 0 radical (unpaired) electrons. The van der Waals surface area contributed by atoms with Gasteiger partial charge in [-0.25, -0.2) is 4.79 Å². The Balaban J connectivity index is 2.90. The second kappa shape index (κ2) is 8.42. The Morgan fingerprint density at radius 3 is 2.48 bits per heavy atom. The molecule has 1 unspecified atom stereocenters. The molecule has 0 aliphatic heterocycles. The molecule has 1 aromatic rings. The minimum absolute atomic E-state index is 0.0362. The van der Waals surface area contributed by atoms with Crippen molar-refractivity contribution in [3.63, 3.8) is 0 Å². The number of rotatable bonds is 7. The van der Waals surface area contributed by atoms with E-state index in [-0.39, 0.29) is 11.8 Å². The van der Waals surface area contributed by atoms with Gasteiger partial charge in [-0.05, 0) is 37.6 Å². The number of carbonyl (C=O) groups excluding carboxylic acids is 2. The highest BCUT2D eigenvalue weighted by Gasteiger charge is 2.25. The lowest BCUT2D eigenvalue weighted by atomic mass is 10.0. The zero-order chi connectivity index (χ0) is 15.8. The lowest BCUT2D eigenvalue weighted by Gasteiger charge is -2.20. The zero-order valence-corrected chi connectivity index (χ0v) is 13.1. The van der Waals surface area contributed by atoms with Gasteiger partial charge in [0.05, 0.1) is 7.11 Å². The van der Waals surface area contributed by atoms with Crippen molar-refractivity contribution < 1.29 is 14.3 Å². The summed E-state index contributed by atoms with van der Waals surface area (Å²) in [5.41, 5.74) is 1.55. The Kier molecular flexibility index (Phi) is 6.88. The summed E-state index contributed by atoms with van der Waals surface area (Å²) in [5, 5.41) is 5.83. The third-order valence-electron chi connectivity index (χ3n) is 3.31. The molecule has 0 aromatic heterocycles. The van der Waals surface area contributed by atoms with Gasteiger partial charge in [-0.2, -0.15) is 0 Å². The van der Waals surface area contributed by atoms with Crippen LogP contribution in [-0.2, 0) is 16.0 Å². The van der Waals surface area contributed by atoms with Gasteiger partial charge in [0.15, 0.2) is 0 Å². The Morgan fingerprint density at radius 2 is 1.90 bits per heavy atom. The van der Waals surface area contributed by atoms with Gasteiger partial charge in [0.2, 0.25) is 0 Å². The zero-order valence-electron chi connectivity index (χ0n) is 13.1. The summed E-state index contributed by atoms with van der Waals surface area (Å²) in [7, 11) is 3.19. The molecular formula is C16H24N2O3. The van der Waals surface area contributed by atoms with Crippen LogP contribution < -0.4 is 10.6 Å². The average Bonchev–Trinajstić information content (AvgIpc) is 2.49. The maximum atomic E-state index is 12.4. The number of benzene rings is 1. The second-order valence-electron chi connectivity index (χ2n) is 5.23. The van der Waals surface area contributed by atoms with E-state index in [1.165, 1.54) is 7.11 Å². The lowest BCUT2D eigenvalue weighted by Crippen LogP contribution is -2.45. The minimum atomic E-state index is -0.639. The molecule has 0 saturated heterocycles. The molecule has 0 bridgehead atoms. The first-order valence-corrected chi connectivity index (χ1v) is 7.12. The highest BCUT2D eigenvalue weighted by molar-refractivity contribution is 5.98. The van der Waals surface area contributed by atoms with E-state index in [1.807, 2.05) is 39.1 Å². The fourth-order valence-electron chi connectivity index (χ4n) is 2.06. The summed E-state index contributed by atoms with van der Waals surface area (Å²) >= 11 is 0. The average molecular weight is 292 g/mol. The Labute approximate surface area is 126 Å². The molecule has 1 atom stereocenters. The maximum Gasteiger partial charge on any atom is 0.328 e. The smallest absolute Gasteiger partial charge is 0.328 e. The van der Waals surface area contributed by atoms with E-state index in [0.29, 0.717) is 5.56 Å². The van der Waals surface area contributed by atoms with Crippen molar-refractivity contribution in [1.82, 2.24) is 10.6 Å². The fourth-order valence-corrected chi connectivity index (χ4v) is 2.06. The number of carbonyl (C=O) groups is 2. The van der Waals surface area contributed by atoms with Crippen LogP contribution in [0.3, 0.4) is 0 Å². The molecule has 0 saturated carbocycles. The molecule has 0 fully saturated rings. The van der Waals surface area contributed by atoms with Crippen molar-refractivity contribution in [2.45, 2.75) is 26.3 Å². The van der Waals surface area contributed by atoms with E-state index in [4.69, 9.17) is 4.74 Å². The summed E-state index contributed by atoms with van der Waals surface area (Å²) < 4.78 is 4.74. The van der Waals surface area contributed by atoms with Crippen molar-refractivity contribution in [2.75, 3.05) is 20.7 Å². The van der Waals surface area contributed by atoms with Crippen molar-refractivity contribution in [2.24, 2.45) is 5.92 Å². The van der Waals surface area contributed by atoms with Crippen LogP contribution in [0.1, 0.15) is 29.8 Å². The Morgan fingerprint density at radius 1 is 1.24 bits per heavy atom. The summed E-state index contributed by atoms with van der Waals surface area (Å²) in [4.78, 5) is 24.2. The summed E-state index contributed by atoms with van der Waals surface area (Å²) in [5.74, 6) is -0.706. The number of ether oxygens (including phenoxy) is 1. The van der Waals surface area contributed by atoms with Gasteiger partial charge >= 0.3 is 5.97 Å². The molecule has 1 rings (SSSR count). The first-order chi connectivity index (χ1) is 10.0. The summed E-state index contributed by atoms with van der Waals surface area (Å²) in [6, 6.07) is 6.78. The first-order valence-electron chi connectivity index (χ1n) is 7.12. The van der Waals surface area contributed by atoms with Crippen LogP contribution in [-0.4, -0.2) is 38.6 Å². The number of hydrogen-bond acceptors (Lipinski definition) is 4. The molecule has 0 spiro atoms. The van der Waals surface area contributed by atoms with Crippen molar-refractivity contribution in [1.29, 1.82) is 0 Å². The van der Waals surface area contributed by atoms with Gasteiger partial charge in [-0.1, -0.05) is 32.0 Å². The third kappa shape index (κ3) is 4.86. The maximum absolute atomic E-state index is 12.4. The van der Waals surface area contributed by atoms with Gasteiger partial charge < -0.3 is 15.4 Å². The van der Waals surface area contributed by atoms with E-state index >= 15 is 0 Å². The van der Waals surface area contributed by atoms with E-state index in [0.717, 1.165) is 18.5 Å². The molecular weight excluding hydrogens is 268 g/mol. The molecule has 1 amide bonds. The number of methoxy groups -OCH3 is 1. The third-order valence-corrected chi connectivity index (χ3v) is 3.31. The molecule has 0 heterocycles. The second-order valence-corrected chi connectivity index (χ2v) is 5.23. The highest BCUT2D eigenvalue weighted by Crippen LogP contribution is 2.11. The summed E-state index contributed by atoms with van der Waals surface area (Å²) in [6.07, 6.45) is 0.755. The van der Waals surface area contributed by atoms with E-state index < -0.39 is 12.0 Å². The lowest BCUT2D eigenvalue weighted by molar-refractivity contribution is -0.144. The molecule has 0 aliphatic carbocycles. The normalized spacial score (nSPS) is 12.0. The van der Waals surface area contributed by atoms with E-state index in [9.17, 15) is 9.59 Å². The van der Waals surface area contributed by atoms with Crippen LogP contribution in [0.15, 0.2) is 24.3 Å². The first kappa shape index (κ1) is 17.2. The summed E-state index contributed by atoms with van der Waals surface area (Å²) in [6.45, 7) is 4.53. The number of esters is 1. The molecule has 2 N–H and O–H groups in total. The number of nitrogens with one attached hydrogen (secondary N) is 2.